The van der Waals surface area contributed by atoms with Crippen LogP contribution in [-0.4, -0.2) is 235 Å². The molecule has 9 aromatic rings. The fourth-order valence-corrected chi connectivity index (χ4v) is 13.2. The lowest BCUT2D eigenvalue weighted by Crippen LogP contribution is -2.60. The van der Waals surface area contributed by atoms with Crippen LogP contribution in [0.5, 0.6) is 0 Å². The van der Waals surface area contributed by atoms with Crippen molar-refractivity contribution in [3.8, 4) is 0 Å². The van der Waals surface area contributed by atoms with Gasteiger partial charge in [0.2, 0.25) is 17.7 Å². The molecule has 0 saturated carbocycles. The molecule has 110 heavy (non-hydrogen) atoms. The summed E-state index contributed by atoms with van der Waals surface area (Å²) in [6.45, 7) is 14.9. The number of aryl methyl sites for hydroxylation is 6. The summed E-state index contributed by atoms with van der Waals surface area (Å²) in [5.74, 6) is -1.31. The molecule has 5 aliphatic rings. The molecule has 584 valence electrons. The minimum atomic E-state index is -1.44. The number of aliphatic hydroxyl groups is 2. The van der Waals surface area contributed by atoms with Gasteiger partial charge in [0.15, 0.2) is 12.5 Å². The summed E-state index contributed by atoms with van der Waals surface area (Å²) >= 11 is 3.01. The van der Waals surface area contributed by atoms with E-state index in [0.717, 1.165) is 43.6 Å². The summed E-state index contributed by atoms with van der Waals surface area (Å²) in [7, 11) is 7.00. The second-order valence-electron chi connectivity index (χ2n) is 26.9. The molecule has 40 heteroatoms. The number of carboxylic acids is 1. The standard InChI is InChI=1S/C20H22FN5O4.C18H18FN5O4.C14H16N4O3.C12H14N4O5.C6H9BrFNO/c1-5-30-19(29)13-6-12-16-14(23-11(2)24(16)4)7-22-17(12)26(18(13)28)8-15(27)25-9-20(3,21)10-25;1-9-21-12-5-20-15-10(14(12)22(9)3)4-11(17(27)28)16(26)24(15)6-13(25)23-7-18(2,19)8-23;1-4-21-14(20)9-5-8-11-10(16-7(2)18(11)3)6-15-12(8)17-13(9)19;1-3-21-12(18)7-4-6-9(13-2)8(16(19)20)5-14-10(6)15-11(7)17;1-6(8)3-9(4-6)5(10)2-7/h6-7H,5,8-10H2,1-4H3;4-5H,6-8H2,1-3H3,(H,27,28);5-6,13,19H,4H2,1-3H3,(H,15,17);4-5,11,17H,3H2,1-2H3,(H2,13,14,15);2-4H2,1H3. The van der Waals surface area contributed by atoms with Crippen LogP contribution in [0.2, 0.25) is 0 Å². The Bertz CT molecular complexity index is 5450. The van der Waals surface area contributed by atoms with Gasteiger partial charge in [0.1, 0.15) is 110 Å². The van der Waals surface area contributed by atoms with Gasteiger partial charge in [-0.25, -0.2) is 67.2 Å². The van der Waals surface area contributed by atoms with E-state index < -0.39 is 93.3 Å². The van der Waals surface area contributed by atoms with E-state index in [4.69, 9.17) is 14.2 Å². The van der Waals surface area contributed by atoms with Gasteiger partial charge >= 0.3 is 29.6 Å². The van der Waals surface area contributed by atoms with Crippen LogP contribution in [0, 0.1) is 30.9 Å². The molecule has 0 aromatic carbocycles. The number of alkyl halides is 4. The van der Waals surface area contributed by atoms with Crippen molar-refractivity contribution in [2.75, 3.05) is 87.4 Å². The number of pyridine rings is 6. The molecule has 14 rings (SSSR count). The van der Waals surface area contributed by atoms with Crippen LogP contribution in [0.15, 0.2) is 57.7 Å². The Balaban J connectivity index is 0.000000151. The van der Waals surface area contributed by atoms with Gasteiger partial charge in [-0.1, -0.05) is 15.9 Å². The number of imidazole rings is 3. The van der Waals surface area contributed by atoms with E-state index in [1.165, 1.54) is 73.1 Å². The van der Waals surface area contributed by atoms with E-state index in [1.54, 1.807) is 51.6 Å². The molecular formula is C70H79BrF3N19O17. The van der Waals surface area contributed by atoms with Gasteiger partial charge in [-0.2, -0.15) is 0 Å². The lowest BCUT2D eigenvalue weighted by atomic mass is 9.99. The first-order valence-corrected chi connectivity index (χ1v) is 35.3. The number of carbonyl (C=O) groups is 7. The number of aromatic nitrogens is 12. The quantitative estimate of drug-likeness (QED) is 0.0279. The second kappa shape index (κ2) is 31.8. The van der Waals surface area contributed by atoms with E-state index in [2.05, 4.69) is 66.8 Å². The van der Waals surface area contributed by atoms with E-state index in [9.17, 15) is 81.8 Å². The van der Waals surface area contributed by atoms with Gasteiger partial charge < -0.3 is 73.9 Å². The molecule has 14 heterocycles. The topological polar surface area (TPSA) is 446 Å². The maximum atomic E-state index is 13.8. The van der Waals surface area contributed by atoms with Crippen molar-refractivity contribution in [3.63, 3.8) is 0 Å². The zero-order valence-electron chi connectivity index (χ0n) is 62.0. The lowest BCUT2D eigenvalue weighted by Gasteiger charge is -2.42. The van der Waals surface area contributed by atoms with Crippen molar-refractivity contribution in [2.45, 2.75) is 105 Å². The Hall–Kier alpha value is -11.8. The monoisotopic (exact) mass is 1590 g/mol. The Kier molecular flexibility index (Phi) is 23.3. The highest BCUT2D eigenvalue weighted by Gasteiger charge is 2.44. The number of amides is 3. The van der Waals surface area contributed by atoms with Crippen LogP contribution in [0.4, 0.5) is 36.2 Å². The summed E-state index contributed by atoms with van der Waals surface area (Å²) in [5.41, 5.74) is -0.538. The number of nitrogens with one attached hydrogen (secondary N) is 3. The molecule has 2 unspecified atom stereocenters. The van der Waals surface area contributed by atoms with Crippen LogP contribution in [-0.2, 0) is 72.4 Å². The largest absolute Gasteiger partial charge is 0.477 e. The number of rotatable bonds is 14. The molecule has 3 amide bonds. The predicted molar refractivity (Wildman–Crippen MR) is 397 cm³/mol. The first-order valence-electron chi connectivity index (χ1n) is 34.2. The summed E-state index contributed by atoms with van der Waals surface area (Å²) < 4.78 is 62.8. The van der Waals surface area contributed by atoms with Crippen molar-refractivity contribution >= 4 is 148 Å². The fourth-order valence-electron chi connectivity index (χ4n) is 12.8. The van der Waals surface area contributed by atoms with Gasteiger partial charge in [0.05, 0.1) is 116 Å². The Morgan fingerprint density at radius 1 is 0.591 bits per heavy atom. The smallest absolute Gasteiger partial charge is 0.343 e. The Morgan fingerprint density at radius 2 is 0.955 bits per heavy atom. The molecule has 0 aliphatic carbocycles. The number of fused-ring (bicyclic) bond motifs is 10. The van der Waals surface area contributed by atoms with Crippen molar-refractivity contribution in [2.24, 2.45) is 21.1 Å². The van der Waals surface area contributed by atoms with E-state index in [1.807, 2.05) is 37.1 Å². The lowest BCUT2D eigenvalue weighted by molar-refractivity contribution is -0.384. The van der Waals surface area contributed by atoms with Gasteiger partial charge in [-0.15, -0.1) is 0 Å². The number of esters is 3. The fraction of sp³-hybridized carbons (Fsp3) is 0.429. The molecular weight excluding hydrogens is 1520 g/mol. The van der Waals surface area contributed by atoms with Crippen molar-refractivity contribution in [1.29, 1.82) is 0 Å². The van der Waals surface area contributed by atoms with Crippen molar-refractivity contribution in [3.05, 3.63) is 119 Å². The van der Waals surface area contributed by atoms with Crippen LogP contribution >= 0.6 is 15.9 Å². The number of aromatic carboxylic acids is 1. The van der Waals surface area contributed by atoms with Gasteiger partial charge in [0.25, 0.3) is 11.1 Å². The highest BCUT2D eigenvalue weighted by molar-refractivity contribution is 9.09. The third kappa shape index (κ3) is 16.3. The van der Waals surface area contributed by atoms with Gasteiger partial charge in [-0.05, 0) is 86.6 Å². The zero-order valence-corrected chi connectivity index (χ0v) is 63.6. The predicted octanol–water partition coefficient (Wildman–Crippen LogP) is 4.84. The number of hydrogen-bond donors (Lipinski definition) is 6. The first-order chi connectivity index (χ1) is 51.8. The minimum Gasteiger partial charge on any atom is -0.477 e. The summed E-state index contributed by atoms with van der Waals surface area (Å²) in [5, 5.41) is 49.7. The van der Waals surface area contributed by atoms with Crippen molar-refractivity contribution in [1.82, 2.24) is 72.4 Å². The average Bonchev–Trinajstić information content (AvgIpc) is 1.58. The molecule has 5 aliphatic heterocycles. The molecule has 0 radical (unpaired) electrons. The van der Waals surface area contributed by atoms with E-state index >= 15 is 0 Å². The number of hydrogen-bond acceptors (Lipinski definition) is 26. The van der Waals surface area contributed by atoms with Crippen molar-refractivity contribution < 1.29 is 81.2 Å². The molecule has 2 atom stereocenters. The number of ether oxygens (including phenoxy) is 3. The SMILES string of the molecule is CC1(F)CN(C(=O)CBr)C1.CCOC(=O)C1=Cc2c(ncc([N+](=O)[O-])c2NC)NC1O.CCOC(=O)C1=Cc2c(ncc3nc(C)n(C)c23)NC1O.CCOC(=O)c1cc2c3c(cnc2n(CC(=O)N2CC(C)(F)C2)c1=O)nc(C)n3C.Cc1nc2cnc3c(cc(C(=O)O)c(=O)n3CC(=O)N3CC(C)(F)C3)c2n1C. The maximum Gasteiger partial charge on any atom is 0.343 e. The molecule has 3 saturated heterocycles. The number of carbonyl (C=O) groups excluding carboxylic acids is 6. The molecule has 3 fully saturated rings. The third-order valence-electron chi connectivity index (χ3n) is 18.4. The van der Waals surface area contributed by atoms with Crippen LogP contribution in [0.1, 0.15) is 90.9 Å². The second-order valence-corrected chi connectivity index (χ2v) is 27.5. The summed E-state index contributed by atoms with van der Waals surface area (Å²) in [4.78, 5) is 154. The maximum absolute atomic E-state index is 13.8. The molecule has 6 N–H and O–H groups in total. The Morgan fingerprint density at radius 3 is 1.35 bits per heavy atom. The number of aliphatic hydroxyl groups excluding tert-OH is 2. The van der Waals surface area contributed by atoms with Crippen LogP contribution in [0.25, 0.3) is 67.3 Å². The number of carboxylic acid groups (broad SMARTS) is 1. The first kappa shape index (κ1) is 80.7. The number of nitro groups is 1. The zero-order chi connectivity index (χ0) is 80.7. The molecule has 36 nitrogen and oxygen atoms in total. The minimum absolute atomic E-state index is 0.0323. The van der Waals surface area contributed by atoms with E-state index in [0.29, 0.717) is 55.4 Å². The van der Waals surface area contributed by atoms with Crippen LogP contribution < -0.4 is 27.1 Å². The Labute approximate surface area is 630 Å². The van der Waals surface area contributed by atoms with Crippen LogP contribution in [0.3, 0.4) is 0 Å². The summed E-state index contributed by atoms with van der Waals surface area (Å²) in [6, 6.07) is 2.70. The molecule has 0 spiro atoms. The highest BCUT2D eigenvalue weighted by atomic mass is 79.9. The molecule has 0 bridgehead atoms. The van der Waals surface area contributed by atoms with Gasteiger partial charge in [-0.3, -0.25) is 43.2 Å². The number of anilines is 3. The third-order valence-corrected chi connectivity index (χ3v) is 18.9. The molecule has 9 aromatic heterocycles. The number of likely N-dealkylation sites (tertiary alicyclic amines) is 3. The van der Waals surface area contributed by atoms with E-state index in [-0.39, 0.29) is 117 Å². The highest BCUT2D eigenvalue weighted by Crippen LogP contribution is 2.38. The normalized spacial score (nSPS) is 16.6. The number of nitrogens with zero attached hydrogens (tertiary/aromatic N) is 16. The average molecular weight is 1600 g/mol. The number of halogens is 4. The van der Waals surface area contributed by atoms with Gasteiger partial charge in [0, 0.05) is 50.1 Å². The summed E-state index contributed by atoms with van der Waals surface area (Å²) in [6.07, 6.45) is 6.26.